The van der Waals surface area contributed by atoms with Crippen molar-refractivity contribution in [3.8, 4) is 0 Å². The van der Waals surface area contributed by atoms with Crippen LogP contribution in [-0.2, 0) is 16.4 Å². The summed E-state index contributed by atoms with van der Waals surface area (Å²) in [6.45, 7) is 7.99. The number of aromatic nitrogens is 2. The van der Waals surface area contributed by atoms with E-state index in [1.807, 2.05) is 27.7 Å². The maximum Gasteiger partial charge on any atom is 0.495 e. The van der Waals surface area contributed by atoms with Crippen molar-refractivity contribution in [3.63, 3.8) is 0 Å². The lowest BCUT2D eigenvalue weighted by Gasteiger charge is -2.32. The van der Waals surface area contributed by atoms with Crippen LogP contribution in [0.1, 0.15) is 27.7 Å². The Morgan fingerprint density at radius 3 is 2.35 bits per heavy atom. The highest BCUT2D eigenvalue weighted by Gasteiger charge is 2.52. The standard InChI is InChI=1S/C14H18BFN2O2/c1-13(2)14(3,4)20-15(19-13)10-6-7-11(16)12-9(10)8-18(5)17-12/h6-8H,1-5H3. The Labute approximate surface area is 118 Å². The SMILES string of the molecule is Cn1cc2c(B3OC(C)(C)C(C)(C)O3)ccc(F)c2n1. The van der Waals surface area contributed by atoms with Crippen LogP contribution in [-0.4, -0.2) is 28.1 Å². The molecule has 0 amide bonds. The molecule has 1 aliphatic heterocycles. The summed E-state index contributed by atoms with van der Waals surface area (Å²) in [5, 5.41) is 4.88. The molecule has 6 heteroatoms. The smallest absolute Gasteiger partial charge is 0.399 e. The second kappa shape index (κ2) is 4.05. The highest BCUT2D eigenvalue weighted by molar-refractivity contribution is 6.65. The first kappa shape index (κ1) is 13.6. The first-order chi connectivity index (χ1) is 9.21. The van der Waals surface area contributed by atoms with Crippen molar-refractivity contribution in [2.45, 2.75) is 38.9 Å². The maximum absolute atomic E-state index is 13.8. The Morgan fingerprint density at radius 1 is 1.15 bits per heavy atom. The van der Waals surface area contributed by atoms with E-state index >= 15 is 0 Å². The third kappa shape index (κ3) is 1.86. The molecule has 0 radical (unpaired) electrons. The van der Waals surface area contributed by atoms with Crippen molar-refractivity contribution in [1.29, 1.82) is 0 Å². The summed E-state index contributed by atoms with van der Waals surface area (Å²) >= 11 is 0. The molecule has 0 bridgehead atoms. The maximum atomic E-state index is 13.8. The van der Waals surface area contributed by atoms with Gasteiger partial charge in [-0.3, -0.25) is 4.68 Å². The van der Waals surface area contributed by atoms with Crippen LogP contribution in [0.4, 0.5) is 4.39 Å². The molecule has 2 aromatic rings. The van der Waals surface area contributed by atoms with Gasteiger partial charge in [0, 0.05) is 18.6 Å². The number of hydrogen-bond donors (Lipinski definition) is 0. The largest absolute Gasteiger partial charge is 0.495 e. The molecule has 1 fully saturated rings. The zero-order valence-corrected chi connectivity index (χ0v) is 12.4. The van der Waals surface area contributed by atoms with Crippen LogP contribution < -0.4 is 5.46 Å². The van der Waals surface area contributed by atoms with Crippen LogP contribution in [0.2, 0.25) is 0 Å². The average Bonchev–Trinajstić information content (AvgIpc) is 2.78. The summed E-state index contributed by atoms with van der Waals surface area (Å²) in [4.78, 5) is 0. The minimum atomic E-state index is -0.507. The predicted octanol–water partition coefficient (Wildman–Crippen LogP) is 2.01. The van der Waals surface area contributed by atoms with Crippen molar-refractivity contribution in [2.24, 2.45) is 7.05 Å². The van der Waals surface area contributed by atoms with Gasteiger partial charge in [0.15, 0.2) is 5.82 Å². The van der Waals surface area contributed by atoms with Crippen LogP contribution in [0.25, 0.3) is 10.9 Å². The molecular weight excluding hydrogens is 258 g/mol. The van der Waals surface area contributed by atoms with Gasteiger partial charge in [-0.25, -0.2) is 4.39 Å². The van der Waals surface area contributed by atoms with E-state index in [2.05, 4.69) is 5.10 Å². The van der Waals surface area contributed by atoms with Gasteiger partial charge in [0.1, 0.15) is 5.52 Å². The fraction of sp³-hybridized carbons (Fsp3) is 0.500. The topological polar surface area (TPSA) is 36.3 Å². The monoisotopic (exact) mass is 276 g/mol. The highest BCUT2D eigenvalue weighted by Crippen LogP contribution is 2.37. The normalized spacial score (nSPS) is 20.8. The lowest BCUT2D eigenvalue weighted by molar-refractivity contribution is 0.00578. The summed E-state index contributed by atoms with van der Waals surface area (Å²) in [7, 11) is 1.26. The van der Waals surface area contributed by atoms with E-state index in [0.29, 0.717) is 5.52 Å². The van der Waals surface area contributed by atoms with Gasteiger partial charge in [-0.1, -0.05) is 6.07 Å². The van der Waals surface area contributed by atoms with Gasteiger partial charge in [0.2, 0.25) is 0 Å². The summed E-state index contributed by atoms with van der Waals surface area (Å²) in [5.41, 5.74) is 0.328. The number of rotatable bonds is 1. The van der Waals surface area contributed by atoms with Crippen molar-refractivity contribution >= 4 is 23.5 Å². The fourth-order valence-electron chi connectivity index (χ4n) is 2.38. The fourth-order valence-corrected chi connectivity index (χ4v) is 2.38. The van der Waals surface area contributed by atoms with Crippen LogP contribution in [0.3, 0.4) is 0 Å². The summed E-state index contributed by atoms with van der Waals surface area (Å²) in [5.74, 6) is -0.333. The van der Waals surface area contributed by atoms with Crippen molar-refractivity contribution in [3.05, 3.63) is 24.1 Å². The first-order valence-corrected chi connectivity index (χ1v) is 6.69. The van der Waals surface area contributed by atoms with Gasteiger partial charge in [-0.15, -0.1) is 0 Å². The first-order valence-electron chi connectivity index (χ1n) is 6.69. The number of fused-ring (bicyclic) bond motifs is 1. The molecule has 1 aromatic carbocycles. The number of nitrogens with zero attached hydrogens (tertiary/aromatic N) is 2. The summed E-state index contributed by atoms with van der Waals surface area (Å²) < 4.78 is 27.5. The van der Waals surface area contributed by atoms with Gasteiger partial charge in [0.05, 0.1) is 11.2 Å². The zero-order valence-electron chi connectivity index (χ0n) is 12.4. The summed E-state index contributed by atoms with van der Waals surface area (Å²) in [6, 6.07) is 3.12. The van der Waals surface area contributed by atoms with E-state index in [1.54, 1.807) is 24.0 Å². The molecule has 1 aliphatic rings. The van der Waals surface area contributed by atoms with Crippen LogP contribution in [0.5, 0.6) is 0 Å². The Morgan fingerprint density at radius 2 is 1.75 bits per heavy atom. The third-order valence-corrected chi connectivity index (χ3v) is 4.28. The molecule has 4 nitrogen and oxygen atoms in total. The van der Waals surface area contributed by atoms with E-state index < -0.39 is 18.3 Å². The molecule has 0 atom stereocenters. The van der Waals surface area contributed by atoms with Crippen LogP contribution in [0.15, 0.2) is 18.3 Å². The molecule has 2 heterocycles. The molecule has 1 aromatic heterocycles. The lowest BCUT2D eigenvalue weighted by Crippen LogP contribution is -2.41. The van der Waals surface area contributed by atoms with E-state index in [4.69, 9.17) is 9.31 Å². The second-order valence-electron chi connectivity index (χ2n) is 6.29. The highest BCUT2D eigenvalue weighted by atomic mass is 19.1. The minimum absolute atomic E-state index is 0.333. The number of aryl methyl sites for hydroxylation is 1. The molecule has 0 saturated carbocycles. The molecule has 0 N–H and O–H groups in total. The minimum Gasteiger partial charge on any atom is -0.399 e. The van der Waals surface area contributed by atoms with E-state index in [9.17, 15) is 4.39 Å². The number of benzene rings is 1. The Hall–Kier alpha value is -1.40. The molecule has 0 unspecified atom stereocenters. The van der Waals surface area contributed by atoms with Gasteiger partial charge >= 0.3 is 7.12 Å². The zero-order chi connectivity index (χ0) is 14.7. The number of halogens is 1. The molecular formula is C14H18BFN2O2. The molecule has 0 spiro atoms. The van der Waals surface area contributed by atoms with Gasteiger partial charge in [0.25, 0.3) is 0 Å². The molecule has 1 saturated heterocycles. The molecule has 0 aliphatic carbocycles. The Kier molecular flexibility index (Phi) is 2.75. The van der Waals surface area contributed by atoms with Crippen molar-refractivity contribution in [1.82, 2.24) is 9.78 Å². The Bertz CT molecular complexity index is 665. The average molecular weight is 276 g/mol. The van der Waals surface area contributed by atoms with Gasteiger partial charge in [-0.2, -0.15) is 5.10 Å². The molecule has 106 valence electrons. The predicted molar refractivity (Wildman–Crippen MR) is 76.4 cm³/mol. The van der Waals surface area contributed by atoms with Crippen LogP contribution >= 0.6 is 0 Å². The third-order valence-electron chi connectivity index (χ3n) is 4.28. The van der Waals surface area contributed by atoms with Crippen molar-refractivity contribution in [2.75, 3.05) is 0 Å². The lowest BCUT2D eigenvalue weighted by atomic mass is 9.77. The van der Waals surface area contributed by atoms with E-state index in [0.717, 1.165) is 10.8 Å². The van der Waals surface area contributed by atoms with Gasteiger partial charge < -0.3 is 9.31 Å². The molecule has 20 heavy (non-hydrogen) atoms. The second-order valence-corrected chi connectivity index (χ2v) is 6.29. The molecule has 3 rings (SSSR count). The Balaban J connectivity index is 2.11. The van der Waals surface area contributed by atoms with E-state index in [1.165, 1.54) is 6.07 Å². The van der Waals surface area contributed by atoms with Crippen molar-refractivity contribution < 1.29 is 13.7 Å². The van der Waals surface area contributed by atoms with Gasteiger partial charge in [-0.05, 0) is 39.2 Å². The van der Waals surface area contributed by atoms with E-state index in [-0.39, 0.29) is 5.82 Å². The van der Waals surface area contributed by atoms with Crippen LogP contribution in [0, 0.1) is 5.82 Å². The number of hydrogen-bond acceptors (Lipinski definition) is 3. The quantitative estimate of drug-likeness (QED) is 0.747. The summed E-state index contributed by atoms with van der Waals surface area (Å²) in [6.07, 6.45) is 1.79.